The Bertz CT molecular complexity index is 587. The second kappa shape index (κ2) is 5.82. The highest BCUT2D eigenvalue weighted by atomic mass is 16.5. The van der Waals surface area contributed by atoms with Gasteiger partial charge in [-0.2, -0.15) is 0 Å². The van der Waals surface area contributed by atoms with E-state index in [-0.39, 0.29) is 12.2 Å². The van der Waals surface area contributed by atoms with Crippen LogP contribution >= 0.6 is 0 Å². The fourth-order valence-corrected chi connectivity index (χ4v) is 1.66. The summed E-state index contributed by atoms with van der Waals surface area (Å²) in [5.41, 5.74) is 1.40. The molecule has 4 heteroatoms. The topological polar surface area (TPSA) is 63.6 Å². The van der Waals surface area contributed by atoms with E-state index in [1.807, 2.05) is 0 Å². The number of hydrogen-bond acceptors (Lipinski definition) is 3. The zero-order valence-electron chi connectivity index (χ0n) is 10.1. The highest BCUT2D eigenvalue weighted by Crippen LogP contribution is 2.15. The van der Waals surface area contributed by atoms with E-state index in [1.54, 1.807) is 42.5 Å². The Hall–Kier alpha value is -2.62. The number of aldehydes is 1. The van der Waals surface area contributed by atoms with Crippen molar-refractivity contribution < 1.29 is 19.4 Å². The van der Waals surface area contributed by atoms with Gasteiger partial charge in [-0.05, 0) is 30.3 Å². The second-order valence-electron chi connectivity index (χ2n) is 3.94. The largest absolute Gasteiger partial charge is 0.489 e. The Morgan fingerprint density at radius 1 is 1.11 bits per heavy atom. The Balaban J connectivity index is 2.09. The van der Waals surface area contributed by atoms with Gasteiger partial charge < -0.3 is 9.84 Å². The van der Waals surface area contributed by atoms with E-state index in [2.05, 4.69) is 0 Å². The summed E-state index contributed by atoms with van der Waals surface area (Å²) < 4.78 is 5.50. The average Bonchev–Trinajstić information content (AvgIpc) is 2.46. The fourth-order valence-electron chi connectivity index (χ4n) is 1.66. The van der Waals surface area contributed by atoms with Gasteiger partial charge in [0.15, 0.2) is 0 Å². The molecule has 2 rings (SSSR count). The van der Waals surface area contributed by atoms with Crippen LogP contribution in [0.1, 0.15) is 26.3 Å². The lowest BCUT2D eigenvalue weighted by atomic mass is 10.1. The molecule has 0 spiro atoms. The maximum absolute atomic E-state index is 11.0. The van der Waals surface area contributed by atoms with E-state index in [0.29, 0.717) is 16.9 Å². The average molecular weight is 256 g/mol. The standard InChI is InChI=1S/C15H12O4/c16-9-11-5-7-13(8-6-11)19-10-12-3-1-2-4-14(12)15(17)18/h1-9H,10H2,(H,17,18). The first-order valence-electron chi connectivity index (χ1n) is 5.70. The number of carboxylic acid groups (broad SMARTS) is 1. The van der Waals surface area contributed by atoms with Gasteiger partial charge in [0.2, 0.25) is 0 Å². The zero-order chi connectivity index (χ0) is 13.7. The highest BCUT2D eigenvalue weighted by molar-refractivity contribution is 5.89. The van der Waals surface area contributed by atoms with Gasteiger partial charge in [0, 0.05) is 11.1 Å². The van der Waals surface area contributed by atoms with Crippen LogP contribution in [0.4, 0.5) is 0 Å². The van der Waals surface area contributed by atoms with E-state index < -0.39 is 5.97 Å². The molecule has 2 aromatic carbocycles. The number of ether oxygens (including phenoxy) is 1. The Morgan fingerprint density at radius 2 is 1.79 bits per heavy atom. The van der Waals surface area contributed by atoms with Crippen LogP contribution in [0.15, 0.2) is 48.5 Å². The number of carbonyl (C=O) groups is 2. The summed E-state index contributed by atoms with van der Waals surface area (Å²) in [6, 6.07) is 13.3. The minimum absolute atomic E-state index is 0.170. The molecule has 0 saturated carbocycles. The lowest BCUT2D eigenvalue weighted by Gasteiger charge is -2.08. The van der Waals surface area contributed by atoms with Gasteiger partial charge >= 0.3 is 5.97 Å². The fraction of sp³-hybridized carbons (Fsp3) is 0.0667. The Morgan fingerprint density at radius 3 is 2.42 bits per heavy atom. The highest BCUT2D eigenvalue weighted by Gasteiger charge is 2.09. The molecule has 1 N–H and O–H groups in total. The van der Waals surface area contributed by atoms with Crippen LogP contribution in [-0.4, -0.2) is 17.4 Å². The van der Waals surface area contributed by atoms with Crippen molar-refractivity contribution in [2.75, 3.05) is 0 Å². The smallest absolute Gasteiger partial charge is 0.336 e. The molecule has 0 fully saturated rings. The van der Waals surface area contributed by atoms with Gasteiger partial charge in [-0.1, -0.05) is 18.2 Å². The third kappa shape index (κ3) is 3.19. The van der Waals surface area contributed by atoms with Crippen molar-refractivity contribution in [1.29, 1.82) is 0 Å². The van der Waals surface area contributed by atoms with Gasteiger partial charge in [-0.15, -0.1) is 0 Å². The van der Waals surface area contributed by atoms with Crippen molar-refractivity contribution in [2.24, 2.45) is 0 Å². The Labute approximate surface area is 110 Å². The molecule has 0 atom stereocenters. The molecule has 0 unspecified atom stereocenters. The predicted octanol–water partition coefficient (Wildman–Crippen LogP) is 2.78. The molecule has 0 aromatic heterocycles. The summed E-state index contributed by atoms with van der Waals surface area (Å²) >= 11 is 0. The van der Waals surface area contributed by atoms with Gasteiger partial charge in [-0.3, -0.25) is 4.79 Å². The summed E-state index contributed by atoms with van der Waals surface area (Å²) in [4.78, 5) is 21.5. The zero-order valence-corrected chi connectivity index (χ0v) is 10.1. The third-order valence-electron chi connectivity index (χ3n) is 2.66. The van der Waals surface area contributed by atoms with Crippen molar-refractivity contribution in [1.82, 2.24) is 0 Å². The van der Waals surface area contributed by atoms with Crippen molar-refractivity contribution in [3.63, 3.8) is 0 Å². The third-order valence-corrected chi connectivity index (χ3v) is 2.66. The summed E-state index contributed by atoms with van der Waals surface area (Å²) in [5.74, 6) is -0.388. The Kier molecular flexibility index (Phi) is 3.93. The normalized spacial score (nSPS) is 9.89. The van der Waals surface area contributed by atoms with Gasteiger partial charge in [-0.25, -0.2) is 4.79 Å². The van der Waals surface area contributed by atoms with Crippen LogP contribution in [-0.2, 0) is 6.61 Å². The number of aromatic carboxylic acids is 1. The van der Waals surface area contributed by atoms with E-state index in [9.17, 15) is 9.59 Å². The second-order valence-corrected chi connectivity index (χ2v) is 3.94. The summed E-state index contributed by atoms with van der Waals surface area (Å²) in [7, 11) is 0. The first-order chi connectivity index (χ1) is 9.20. The summed E-state index contributed by atoms with van der Waals surface area (Å²) in [6.07, 6.45) is 0.753. The molecule has 4 nitrogen and oxygen atoms in total. The molecule has 0 bridgehead atoms. The van der Waals surface area contributed by atoms with Crippen molar-refractivity contribution in [3.8, 4) is 5.75 Å². The summed E-state index contributed by atoms with van der Waals surface area (Å²) in [6.45, 7) is 0.170. The molecule has 0 aliphatic rings. The first-order valence-corrected chi connectivity index (χ1v) is 5.70. The number of hydrogen-bond donors (Lipinski definition) is 1. The van der Waals surface area contributed by atoms with E-state index >= 15 is 0 Å². The lowest BCUT2D eigenvalue weighted by molar-refractivity contribution is 0.0693. The maximum atomic E-state index is 11.0. The molecule has 96 valence electrons. The minimum Gasteiger partial charge on any atom is -0.489 e. The molecule has 0 radical (unpaired) electrons. The maximum Gasteiger partial charge on any atom is 0.336 e. The quantitative estimate of drug-likeness (QED) is 0.835. The van der Waals surface area contributed by atoms with E-state index in [0.717, 1.165) is 6.29 Å². The lowest BCUT2D eigenvalue weighted by Crippen LogP contribution is -2.05. The molecule has 0 aliphatic heterocycles. The number of carboxylic acids is 1. The summed E-state index contributed by atoms with van der Waals surface area (Å²) in [5, 5.41) is 9.04. The first kappa shape index (κ1) is 12.8. The molecule has 0 saturated heterocycles. The molecule has 0 amide bonds. The molecular formula is C15H12O4. The van der Waals surface area contributed by atoms with Gasteiger partial charge in [0.1, 0.15) is 18.6 Å². The van der Waals surface area contributed by atoms with E-state index in [4.69, 9.17) is 9.84 Å². The number of benzene rings is 2. The van der Waals surface area contributed by atoms with Crippen molar-refractivity contribution in [2.45, 2.75) is 6.61 Å². The van der Waals surface area contributed by atoms with Crippen LogP contribution in [0, 0.1) is 0 Å². The number of rotatable bonds is 5. The number of carbonyl (C=O) groups excluding carboxylic acids is 1. The van der Waals surface area contributed by atoms with Crippen LogP contribution in [0.5, 0.6) is 5.75 Å². The predicted molar refractivity (Wildman–Crippen MR) is 69.6 cm³/mol. The van der Waals surface area contributed by atoms with Crippen LogP contribution in [0.3, 0.4) is 0 Å². The van der Waals surface area contributed by atoms with Crippen molar-refractivity contribution >= 4 is 12.3 Å². The van der Waals surface area contributed by atoms with E-state index in [1.165, 1.54) is 6.07 Å². The van der Waals surface area contributed by atoms with Gasteiger partial charge in [0.05, 0.1) is 5.56 Å². The molecule has 19 heavy (non-hydrogen) atoms. The minimum atomic E-state index is -0.976. The molecule has 0 aliphatic carbocycles. The van der Waals surface area contributed by atoms with Crippen LogP contribution < -0.4 is 4.74 Å². The monoisotopic (exact) mass is 256 g/mol. The van der Waals surface area contributed by atoms with Gasteiger partial charge in [0.25, 0.3) is 0 Å². The SMILES string of the molecule is O=Cc1ccc(OCc2ccccc2C(=O)O)cc1. The molecule has 0 heterocycles. The van der Waals surface area contributed by atoms with Crippen LogP contribution in [0.25, 0.3) is 0 Å². The van der Waals surface area contributed by atoms with Crippen LogP contribution in [0.2, 0.25) is 0 Å². The van der Waals surface area contributed by atoms with Crippen molar-refractivity contribution in [3.05, 3.63) is 65.2 Å². The molecule has 2 aromatic rings. The molecular weight excluding hydrogens is 244 g/mol.